The predicted octanol–water partition coefficient (Wildman–Crippen LogP) is -0.0664. The number of sulfonamides is 1. The second-order valence-electron chi connectivity index (χ2n) is 5.34. The van der Waals surface area contributed by atoms with Crippen molar-refractivity contribution in [3.8, 4) is 0 Å². The van der Waals surface area contributed by atoms with Gasteiger partial charge in [0.1, 0.15) is 6.04 Å². The highest BCUT2D eigenvalue weighted by Gasteiger charge is 2.35. The summed E-state index contributed by atoms with van der Waals surface area (Å²) in [5, 5.41) is 11.8. The Labute approximate surface area is 115 Å². The van der Waals surface area contributed by atoms with Crippen LogP contribution >= 0.6 is 0 Å². The van der Waals surface area contributed by atoms with Gasteiger partial charge in [0.15, 0.2) is 0 Å². The quantitative estimate of drug-likeness (QED) is 0.743. The standard InChI is InChI=1S/C12H24N2O4S/c1-9(8-15)10(2)13-12(16)11-6-4-5-7-14(11)19(3,17)18/h9-11,15H,4-8H2,1-3H3,(H,13,16). The van der Waals surface area contributed by atoms with Crippen molar-refractivity contribution in [1.29, 1.82) is 0 Å². The molecule has 0 bridgehead atoms. The van der Waals surface area contributed by atoms with E-state index in [4.69, 9.17) is 5.11 Å². The Morgan fingerprint density at radius 3 is 2.58 bits per heavy atom. The van der Waals surface area contributed by atoms with Crippen LogP contribution in [0.2, 0.25) is 0 Å². The maximum absolute atomic E-state index is 12.2. The van der Waals surface area contributed by atoms with Gasteiger partial charge in [0.05, 0.1) is 6.26 Å². The molecule has 7 heteroatoms. The molecule has 1 heterocycles. The smallest absolute Gasteiger partial charge is 0.238 e. The Hall–Kier alpha value is -0.660. The summed E-state index contributed by atoms with van der Waals surface area (Å²) >= 11 is 0. The third-order valence-corrected chi connectivity index (χ3v) is 4.98. The first kappa shape index (κ1) is 16.4. The number of aliphatic hydroxyl groups is 1. The average molecular weight is 292 g/mol. The topological polar surface area (TPSA) is 86.7 Å². The van der Waals surface area contributed by atoms with Crippen LogP contribution in [0.4, 0.5) is 0 Å². The van der Waals surface area contributed by atoms with Crippen LogP contribution in [0.25, 0.3) is 0 Å². The highest BCUT2D eigenvalue weighted by atomic mass is 32.2. The van der Waals surface area contributed by atoms with Gasteiger partial charge >= 0.3 is 0 Å². The van der Waals surface area contributed by atoms with Crippen molar-refractivity contribution < 1.29 is 18.3 Å². The maximum Gasteiger partial charge on any atom is 0.238 e. The maximum atomic E-state index is 12.2. The minimum absolute atomic E-state index is 0.0120. The molecule has 1 rings (SSSR count). The fourth-order valence-electron chi connectivity index (χ4n) is 2.18. The number of rotatable bonds is 5. The van der Waals surface area contributed by atoms with E-state index in [1.165, 1.54) is 4.31 Å². The van der Waals surface area contributed by atoms with Gasteiger partial charge in [-0.05, 0) is 25.7 Å². The van der Waals surface area contributed by atoms with Gasteiger partial charge in [0.2, 0.25) is 15.9 Å². The first-order chi connectivity index (χ1) is 8.77. The van der Waals surface area contributed by atoms with Crippen LogP contribution in [-0.4, -0.2) is 55.2 Å². The van der Waals surface area contributed by atoms with E-state index >= 15 is 0 Å². The molecule has 112 valence electrons. The van der Waals surface area contributed by atoms with E-state index in [-0.39, 0.29) is 24.5 Å². The van der Waals surface area contributed by atoms with Gasteiger partial charge in [0, 0.05) is 19.2 Å². The first-order valence-corrected chi connectivity index (χ1v) is 8.50. The highest BCUT2D eigenvalue weighted by Crippen LogP contribution is 2.20. The zero-order chi connectivity index (χ0) is 14.6. The van der Waals surface area contributed by atoms with Gasteiger partial charge in [0.25, 0.3) is 0 Å². The van der Waals surface area contributed by atoms with Crippen molar-refractivity contribution in [2.45, 2.75) is 45.2 Å². The largest absolute Gasteiger partial charge is 0.396 e. The van der Waals surface area contributed by atoms with Crippen molar-refractivity contribution in [3.05, 3.63) is 0 Å². The number of nitrogens with zero attached hydrogens (tertiary/aromatic N) is 1. The lowest BCUT2D eigenvalue weighted by Gasteiger charge is -2.33. The van der Waals surface area contributed by atoms with Crippen LogP contribution in [-0.2, 0) is 14.8 Å². The normalized spacial score (nSPS) is 24.7. The zero-order valence-corrected chi connectivity index (χ0v) is 12.6. The van der Waals surface area contributed by atoms with Gasteiger partial charge in [-0.15, -0.1) is 0 Å². The SMILES string of the molecule is CC(CO)C(C)NC(=O)C1CCCCN1S(C)(=O)=O. The monoisotopic (exact) mass is 292 g/mol. The minimum Gasteiger partial charge on any atom is -0.396 e. The molecule has 1 amide bonds. The van der Waals surface area contributed by atoms with Gasteiger partial charge in [-0.3, -0.25) is 4.79 Å². The number of nitrogens with one attached hydrogen (secondary N) is 1. The molecule has 0 radical (unpaired) electrons. The lowest BCUT2D eigenvalue weighted by molar-refractivity contribution is -0.126. The lowest BCUT2D eigenvalue weighted by Crippen LogP contribution is -2.54. The number of hydrogen-bond donors (Lipinski definition) is 2. The Balaban J connectivity index is 2.73. The van der Waals surface area contributed by atoms with E-state index in [1.807, 2.05) is 13.8 Å². The molecule has 0 aromatic rings. The Morgan fingerprint density at radius 1 is 1.42 bits per heavy atom. The summed E-state index contributed by atoms with van der Waals surface area (Å²) in [7, 11) is -3.36. The third kappa shape index (κ3) is 4.43. The molecule has 0 saturated carbocycles. The summed E-state index contributed by atoms with van der Waals surface area (Å²) in [6.07, 6.45) is 3.34. The molecule has 3 atom stereocenters. The van der Waals surface area contributed by atoms with E-state index in [1.54, 1.807) is 0 Å². The van der Waals surface area contributed by atoms with Crippen molar-refractivity contribution in [2.24, 2.45) is 5.92 Å². The summed E-state index contributed by atoms with van der Waals surface area (Å²) in [5.74, 6) is -0.322. The fourth-order valence-corrected chi connectivity index (χ4v) is 3.31. The minimum atomic E-state index is -3.36. The van der Waals surface area contributed by atoms with Crippen LogP contribution in [0, 0.1) is 5.92 Å². The Kier molecular flexibility index (Phi) is 5.76. The van der Waals surface area contributed by atoms with E-state index in [0.29, 0.717) is 13.0 Å². The van der Waals surface area contributed by atoms with E-state index in [2.05, 4.69) is 5.32 Å². The first-order valence-electron chi connectivity index (χ1n) is 6.65. The molecule has 1 aliphatic heterocycles. The molecule has 0 aromatic carbocycles. The molecule has 6 nitrogen and oxygen atoms in total. The molecule has 2 N–H and O–H groups in total. The van der Waals surface area contributed by atoms with E-state index in [0.717, 1.165) is 19.1 Å². The molecule has 1 aliphatic rings. The summed E-state index contributed by atoms with van der Waals surface area (Å²) in [5.41, 5.74) is 0. The molecular formula is C12H24N2O4S. The van der Waals surface area contributed by atoms with Crippen molar-refractivity contribution in [1.82, 2.24) is 9.62 Å². The van der Waals surface area contributed by atoms with E-state index in [9.17, 15) is 13.2 Å². The van der Waals surface area contributed by atoms with Crippen LogP contribution in [0.5, 0.6) is 0 Å². The molecule has 3 unspecified atom stereocenters. The number of carbonyl (C=O) groups excluding carboxylic acids is 1. The van der Waals surface area contributed by atoms with E-state index < -0.39 is 16.1 Å². The molecule has 19 heavy (non-hydrogen) atoms. The zero-order valence-electron chi connectivity index (χ0n) is 11.8. The number of amides is 1. The lowest BCUT2D eigenvalue weighted by atomic mass is 10.0. The summed E-state index contributed by atoms with van der Waals surface area (Å²) in [4.78, 5) is 12.2. The van der Waals surface area contributed by atoms with Crippen LogP contribution < -0.4 is 5.32 Å². The number of piperidine rings is 1. The van der Waals surface area contributed by atoms with Crippen molar-refractivity contribution in [3.63, 3.8) is 0 Å². The van der Waals surface area contributed by atoms with Gasteiger partial charge in [-0.1, -0.05) is 13.3 Å². The fraction of sp³-hybridized carbons (Fsp3) is 0.917. The highest BCUT2D eigenvalue weighted by molar-refractivity contribution is 7.88. The van der Waals surface area contributed by atoms with Gasteiger partial charge < -0.3 is 10.4 Å². The van der Waals surface area contributed by atoms with Gasteiger partial charge in [-0.25, -0.2) is 8.42 Å². The number of hydrogen-bond acceptors (Lipinski definition) is 4. The Bertz CT molecular complexity index is 410. The average Bonchev–Trinajstić information content (AvgIpc) is 2.36. The number of aliphatic hydroxyl groups excluding tert-OH is 1. The number of carbonyl (C=O) groups is 1. The molecule has 0 aromatic heterocycles. The molecule has 0 spiro atoms. The van der Waals surface area contributed by atoms with Crippen LogP contribution in [0.1, 0.15) is 33.1 Å². The molecule has 0 aliphatic carbocycles. The molecular weight excluding hydrogens is 268 g/mol. The summed E-state index contributed by atoms with van der Waals surface area (Å²) in [6.45, 7) is 4.04. The van der Waals surface area contributed by atoms with Crippen molar-refractivity contribution in [2.75, 3.05) is 19.4 Å². The second kappa shape index (κ2) is 6.67. The van der Waals surface area contributed by atoms with Crippen LogP contribution in [0.15, 0.2) is 0 Å². The van der Waals surface area contributed by atoms with Crippen LogP contribution in [0.3, 0.4) is 0 Å². The molecule has 1 fully saturated rings. The second-order valence-corrected chi connectivity index (χ2v) is 7.28. The predicted molar refractivity (Wildman–Crippen MR) is 73.0 cm³/mol. The molecule has 1 saturated heterocycles. The third-order valence-electron chi connectivity index (χ3n) is 3.69. The summed E-state index contributed by atoms with van der Waals surface area (Å²) < 4.78 is 24.6. The Morgan fingerprint density at radius 2 is 2.05 bits per heavy atom. The van der Waals surface area contributed by atoms with Crippen molar-refractivity contribution >= 4 is 15.9 Å². The summed E-state index contributed by atoms with van der Waals surface area (Å²) in [6, 6.07) is -0.794. The van der Waals surface area contributed by atoms with Gasteiger partial charge in [-0.2, -0.15) is 4.31 Å².